The topological polar surface area (TPSA) is 228 Å². The zero-order chi connectivity index (χ0) is 53.9. The van der Waals surface area contributed by atoms with E-state index in [0.29, 0.717) is 12.8 Å². The Morgan fingerprint density at radius 2 is 0.905 bits per heavy atom. The molecule has 2 heterocycles. The number of nitrogens with one attached hydrogen (secondary N) is 1. The van der Waals surface area contributed by atoms with Gasteiger partial charge in [-0.3, -0.25) is 4.79 Å². The Bertz CT molecular complexity index is 1470. The van der Waals surface area contributed by atoms with Gasteiger partial charge >= 0.3 is 0 Å². The van der Waals surface area contributed by atoms with Crippen LogP contribution in [0.5, 0.6) is 0 Å². The number of aliphatic hydroxyl groups excluding tert-OH is 8. The van der Waals surface area contributed by atoms with Gasteiger partial charge in [-0.2, -0.15) is 0 Å². The van der Waals surface area contributed by atoms with Crippen molar-refractivity contribution < 1.29 is 64.6 Å². The third kappa shape index (κ3) is 31.2. The first-order valence-corrected chi connectivity index (χ1v) is 29.5. The first-order valence-electron chi connectivity index (χ1n) is 29.5. The van der Waals surface area contributed by atoms with Crippen molar-refractivity contribution in [2.45, 2.75) is 293 Å². The smallest absolute Gasteiger partial charge is 0.220 e. The molecule has 12 unspecified atom stereocenters. The quantitative estimate of drug-likeness (QED) is 0.0205. The van der Waals surface area contributed by atoms with Gasteiger partial charge in [0.25, 0.3) is 0 Å². The van der Waals surface area contributed by atoms with Crippen LogP contribution < -0.4 is 5.32 Å². The van der Waals surface area contributed by atoms with E-state index < -0.39 is 86.8 Å². The number of allylic oxidation sites excluding steroid dienone is 9. The lowest BCUT2D eigenvalue weighted by Gasteiger charge is -2.46. The molecule has 0 bridgehead atoms. The third-order valence-corrected chi connectivity index (χ3v) is 14.2. The van der Waals surface area contributed by atoms with Crippen LogP contribution in [-0.4, -0.2) is 140 Å². The standard InChI is InChI=1S/C60H107NO13/c1-3-5-7-9-11-13-15-16-17-18-19-20-21-22-23-24-25-26-27-28-29-30-31-32-34-36-38-40-42-44-52(65)61-48(49(64)43-41-39-37-35-33-14-12-10-8-6-4-2)47-71-59-57(70)55(68)58(51(46-63)73-59)74-60-56(69)54(67)53(66)50(45-62)72-60/h15-16,18-19,21-22,33,35,41,43,48-51,53-60,62-64,66-70H,3-14,17,20,23-32,34,36-40,42,44-47H2,1-2H3,(H,61,65)/b16-15-,19-18-,22-21-,35-33+,43-41+. The van der Waals surface area contributed by atoms with Crippen LogP contribution in [0.1, 0.15) is 219 Å². The summed E-state index contributed by atoms with van der Waals surface area (Å²) in [7, 11) is 0. The second-order valence-electron chi connectivity index (χ2n) is 20.8. The van der Waals surface area contributed by atoms with Crippen molar-refractivity contribution in [1.29, 1.82) is 0 Å². The average molecular weight is 1050 g/mol. The molecule has 2 aliphatic rings. The van der Waals surface area contributed by atoms with E-state index in [9.17, 15) is 45.6 Å². The van der Waals surface area contributed by atoms with E-state index in [0.717, 1.165) is 44.9 Å². The highest BCUT2D eigenvalue weighted by Crippen LogP contribution is 2.30. The van der Waals surface area contributed by atoms with Crippen LogP contribution in [0.2, 0.25) is 0 Å². The van der Waals surface area contributed by atoms with Gasteiger partial charge < -0.3 is 65.1 Å². The molecule has 14 nitrogen and oxygen atoms in total. The van der Waals surface area contributed by atoms with Gasteiger partial charge in [0.1, 0.15) is 48.8 Å². The van der Waals surface area contributed by atoms with Gasteiger partial charge in [-0.1, -0.05) is 203 Å². The van der Waals surface area contributed by atoms with Crippen LogP contribution in [0.4, 0.5) is 0 Å². The minimum atomic E-state index is -1.79. The number of carbonyl (C=O) groups excluding carboxylic acids is 1. The Kier molecular flexibility index (Phi) is 41.9. The summed E-state index contributed by atoms with van der Waals surface area (Å²) in [5, 5.41) is 86.8. The number of aliphatic hydroxyl groups is 8. The van der Waals surface area contributed by atoms with E-state index in [2.05, 4.69) is 67.8 Å². The van der Waals surface area contributed by atoms with E-state index in [1.807, 2.05) is 6.08 Å². The number of ether oxygens (including phenoxy) is 4. The van der Waals surface area contributed by atoms with E-state index in [4.69, 9.17) is 18.9 Å². The van der Waals surface area contributed by atoms with E-state index >= 15 is 0 Å². The molecule has 2 aliphatic heterocycles. The lowest BCUT2D eigenvalue weighted by molar-refractivity contribution is -0.359. The van der Waals surface area contributed by atoms with Crippen molar-refractivity contribution in [2.75, 3.05) is 19.8 Å². The van der Waals surface area contributed by atoms with Crippen LogP contribution in [0.25, 0.3) is 0 Å². The maximum atomic E-state index is 13.2. The van der Waals surface area contributed by atoms with Gasteiger partial charge in [-0.25, -0.2) is 0 Å². The predicted molar refractivity (Wildman–Crippen MR) is 295 cm³/mol. The van der Waals surface area contributed by atoms with E-state index in [1.54, 1.807) is 6.08 Å². The maximum Gasteiger partial charge on any atom is 0.220 e. The fourth-order valence-corrected chi connectivity index (χ4v) is 9.37. The first-order chi connectivity index (χ1) is 36.1. The lowest BCUT2D eigenvalue weighted by atomic mass is 9.97. The molecule has 1 amide bonds. The summed E-state index contributed by atoms with van der Waals surface area (Å²) in [5.74, 6) is -0.253. The van der Waals surface area contributed by atoms with E-state index in [-0.39, 0.29) is 18.9 Å². The summed E-state index contributed by atoms with van der Waals surface area (Å²) in [6, 6.07) is -0.932. The summed E-state index contributed by atoms with van der Waals surface area (Å²) >= 11 is 0. The molecular formula is C60H107NO13. The van der Waals surface area contributed by atoms with Crippen molar-refractivity contribution in [3.8, 4) is 0 Å². The molecular weight excluding hydrogens is 943 g/mol. The number of rotatable bonds is 46. The molecule has 0 aromatic heterocycles. The summed E-state index contributed by atoms with van der Waals surface area (Å²) < 4.78 is 22.7. The Hall–Kier alpha value is -2.31. The summed E-state index contributed by atoms with van der Waals surface area (Å²) in [4.78, 5) is 13.2. The molecule has 2 fully saturated rings. The van der Waals surface area contributed by atoms with Crippen molar-refractivity contribution in [3.63, 3.8) is 0 Å². The third-order valence-electron chi connectivity index (χ3n) is 14.2. The molecule has 0 spiro atoms. The Morgan fingerprint density at radius 3 is 1.42 bits per heavy atom. The van der Waals surface area contributed by atoms with Crippen LogP contribution in [0, 0.1) is 0 Å². The zero-order valence-corrected chi connectivity index (χ0v) is 46.1. The Morgan fingerprint density at radius 1 is 0.486 bits per heavy atom. The molecule has 0 radical (unpaired) electrons. The maximum absolute atomic E-state index is 13.2. The summed E-state index contributed by atoms with van der Waals surface area (Å²) in [5.41, 5.74) is 0. The van der Waals surface area contributed by atoms with Crippen molar-refractivity contribution in [2.24, 2.45) is 0 Å². The van der Waals surface area contributed by atoms with Crippen molar-refractivity contribution in [1.82, 2.24) is 5.32 Å². The number of carbonyl (C=O) groups is 1. The Labute approximate surface area is 447 Å². The van der Waals surface area contributed by atoms with Gasteiger partial charge in [0.05, 0.1) is 32.0 Å². The van der Waals surface area contributed by atoms with E-state index in [1.165, 1.54) is 141 Å². The average Bonchev–Trinajstić information content (AvgIpc) is 3.40. The molecule has 0 aromatic rings. The summed E-state index contributed by atoms with van der Waals surface area (Å²) in [6.45, 7) is 2.73. The number of unbranched alkanes of at least 4 members (excludes halogenated alkanes) is 25. The molecule has 14 heteroatoms. The second kappa shape index (κ2) is 45.7. The van der Waals surface area contributed by atoms with Crippen LogP contribution in [0.15, 0.2) is 60.8 Å². The SMILES string of the molecule is CCCCCCC/C=C\C/C=C\C/C=C\CCCCCCCCCCCCCCCCC(=O)NC(COC1OC(CO)C(OC2OC(CO)C(O)C(O)C2O)C(O)C1O)C(O)/C=C/CC/C=C/CCCCCCC. The first kappa shape index (κ1) is 67.8. The lowest BCUT2D eigenvalue weighted by Crippen LogP contribution is -2.65. The molecule has 0 saturated carbocycles. The normalized spacial score (nSPS) is 25.6. The minimum absolute atomic E-state index is 0.253. The van der Waals surface area contributed by atoms with Crippen LogP contribution in [0.3, 0.4) is 0 Å². The highest BCUT2D eigenvalue weighted by Gasteiger charge is 2.51. The molecule has 0 aliphatic carbocycles. The van der Waals surface area contributed by atoms with Crippen molar-refractivity contribution >= 4 is 5.91 Å². The number of amides is 1. The molecule has 2 saturated heterocycles. The predicted octanol–water partition coefficient (Wildman–Crippen LogP) is 9.78. The molecule has 12 atom stereocenters. The molecule has 74 heavy (non-hydrogen) atoms. The van der Waals surface area contributed by atoms with Crippen LogP contribution >= 0.6 is 0 Å². The zero-order valence-electron chi connectivity index (χ0n) is 46.1. The number of hydrogen-bond donors (Lipinski definition) is 9. The highest BCUT2D eigenvalue weighted by atomic mass is 16.7. The monoisotopic (exact) mass is 1050 g/mol. The molecule has 0 aromatic carbocycles. The number of hydrogen-bond acceptors (Lipinski definition) is 13. The Balaban J connectivity index is 1.68. The van der Waals surface area contributed by atoms with Gasteiger partial charge in [0.15, 0.2) is 12.6 Å². The fraction of sp³-hybridized carbons (Fsp3) is 0.817. The van der Waals surface area contributed by atoms with Crippen molar-refractivity contribution in [3.05, 3.63) is 60.8 Å². The highest BCUT2D eigenvalue weighted by molar-refractivity contribution is 5.76. The minimum Gasteiger partial charge on any atom is -0.394 e. The molecule has 2 rings (SSSR count). The van der Waals surface area contributed by atoms with Gasteiger partial charge in [0.2, 0.25) is 5.91 Å². The van der Waals surface area contributed by atoms with Gasteiger partial charge in [0, 0.05) is 6.42 Å². The largest absolute Gasteiger partial charge is 0.394 e. The molecule has 9 N–H and O–H groups in total. The van der Waals surface area contributed by atoms with Crippen LogP contribution in [-0.2, 0) is 23.7 Å². The van der Waals surface area contributed by atoms with Gasteiger partial charge in [-0.05, 0) is 70.6 Å². The summed E-state index contributed by atoms with van der Waals surface area (Å²) in [6.07, 6.45) is 41.4. The van der Waals surface area contributed by atoms with Gasteiger partial charge in [-0.15, -0.1) is 0 Å². The second-order valence-corrected chi connectivity index (χ2v) is 20.8. The molecule has 430 valence electrons. The fourth-order valence-electron chi connectivity index (χ4n) is 9.37.